The van der Waals surface area contributed by atoms with Gasteiger partial charge >= 0.3 is 0 Å². The van der Waals surface area contributed by atoms with Crippen LogP contribution < -0.4 is 4.74 Å². The molecule has 0 atom stereocenters. The fourth-order valence-electron chi connectivity index (χ4n) is 1.45. The molecule has 122 valence electrons. The molecule has 0 aliphatic carbocycles. The Balaban J connectivity index is 0.000000231. The third kappa shape index (κ3) is 6.06. The van der Waals surface area contributed by atoms with Crippen LogP contribution in [0.15, 0.2) is 48.5 Å². The number of alkyl halides is 1. The second-order valence-corrected chi connectivity index (χ2v) is 4.09. The lowest BCUT2D eigenvalue weighted by Gasteiger charge is -1.98. The number of aliphatic hydroxyl groups excluding tert-OH is 1. The van der Waals surface area contributed by atoms with Crippen LogP contribution >= 0.6 is 0 Å². The molecule has 0 saturated heterocycles. The van der Waals surface area contributed by atoms with E-state index in [1.807, 2.05) is 0 Å². The van der Waals surface area contributed by atoms with Gasteiger partial charge in [-0.1, -0.05) is 0 Å². The maximum Gasteiger partial charge on any atom is 0.269 e. The number of benzene rings is 2. The van der Waals surface area contributed by atoms with Gasteiger partial charge in [-0.05, 0) is 29.8 Å². The molecule has 0 amide bonds. The van der Waals surface area contributed by atoms with Gasteiger partial charge in [-0.15, -0.1) is 0 Å². The molecule has 0 aliphatic rings. The van der Waals surface area contributed by atoms with E-state index in [4.69, 9.17) is 5.11 Å². The molecule has 2 aromatic rings. The molecule has 0 aromatic heterocycles. The Morgan fingerprint density at radius 3 is 1.70 bits per heavy atom. The fourth-order valence-corrected chi connectivity index (χ4v) is 1.45. The molecule has 0 spiro atoms. The Kier molecular flexibility index (Phi) is 7.08. The van der Waals surface area contributed by atoms with Crippen LogP contribution in [0, 0.1) is 20.2 Å². The van der Waals surface area contributed by atoms with E-state index in [0.717, 1.165) is 0 Å². The predicted octanol–water partition coefficient (Wildman–Crippen LogP) is 2.99. The van der Waals surface area contributed by atoms with Gasteiger partial charge in [0.25, 0.3) is 11.4 Å². The minimum absolute atomic E-state index is 0.0405. The highest BCUT2D eigenvalue weighted by molar-refractivity contribution is 5.35. The van der Waals surface area contributed by atoms with E-state index in [-0.39, 0.29) is 23.7 Å². The van der Waals surface area contributed by atoms with Crippen molar-refractivity contribution in [3.05, 3.63) is 74.3 Å². The normalized spacial score (nSPS) is 9.48. The standard InChI is InChI=1S/C7H6FNO3.C7H7NO3/c8-5-12-7-3-1-6(2-4-7)9(10)11;9-5-6-1-3-7(4-2-6)8(10)11/h1-4H,5H2;1-4,9H,5H2. The predicted molar refractivity (Wildman–Crippen MR) is 78.7 cm³/mol. The molecule has 1 N–H and O–H groups in total. The van der Waals surface area contributed by atoms with Crippen molar-refractivity contribution in [1.82, 2.24) is 0 Å². The number of hydrogen-bond donors (Lipinski definition) is 1. The first-order chi connectivity index (χ1) is 11.0. The molecular weight excluding hydrogens is 311 g/mol. The van der Waals surface area contributed by atoms with Crippen LogP contribution in [0.25, 0.3) is 0 Å². The molecular formula is C14H13FN2O6. The number of hydrogen-bond acceptors (Lipinski definition) is 6. The largest absolute Gasteiger partial charge is 0.463 e. The molecule has 8 nitrogen and oxygen atoms in total. The number of nitro benzene ring substituents is 2. The maximum absolute atomic E-state index is 11.6. The summed E-state index contributed by atoms with van der Waals surface area (Å²) < 4.78 is 16.0. The monoisotopic (exact) mass is 324 g/mol. The van der Waals surface area contributed by atoms with Crippen molar-refractivity contribution >= 4 is 11.4 Å². The van der Waals surface area contributed by atoms with Gasteiger partial charge in [-0.3, -0.25) is 20.2 Å². The zero-order chi connectivity index (χ0) is 17.2. The average molecular weight is 324 g/mol. The van der Waals surface area contributed by atoms with Gasteiger partial charge in [0, 0.05) is 24.3 Å². The summed E-state index contributed by atoms with van der Waals surface area (Å²) in [6.45, 7) is -1.02. The summed E-state index contributed by atoms with van der Waals surface area (Å²) in [5, 5.41) is 28.9. The van der Waals surface area contributed by atoms with E-state index < -0.39 is 16.7 Å². The highest BCUT2D eigenvalue weighted by Gasteiger charge is 2.03. The lowest BCUT2D eigenvalue weighted by molar-refractivity contribution is -0.385. The van der Waals surface area contributed by atoms with Crippen molar-refractivity contribution in [1.29, 1.82) is 0 Å². The lowest BCUT2D eigenvalue weighted by atomic mass is 10.2. The van der Waals surface area contributed by atoms with Gasteiger partial charge in [-0.25, -0.2) is 4.39 Å². The Morgan fingerprint density at radius 1 is 0.913 bits per heavy atom. The maximum atomic E-state index is 11.6. The van der Waals surface area contributed by atoms with E-state index in [2.05, 4.69) is 4.74 Å². The van der Waals surface area contributed by atoms with Gasteiger partial charge in [0.15, 0.2) is 0 Å². The minimum Gasteiger partial charge on any atom is -0.463 e. The third-order valence-corrected chi connectivity index (χ3v) is 2.60. The van der Waals surface area contributed by atoms with E-state index in [1.165, 1.54) is 48.5 Å². The minimum atomic E-state index is -0.933. The number of ether oxygens (including phenoxy) is 1. The van der Waals surface area contributed by atoms with Crippen LogP contribution in [0.2, 0.25) is 0 Å². The van der Waals surface area contributed by atoms with Crippen LogP contribution in [-0.4, -0.2) is 21.8 Å². The van der Waals surface area contributed by atoms with Crippen LogP contribution in [-0.2, 0) is 6.61 Å². The Hall–Kier alpha value is -3.07. The molecule has 2 rings (SSSR count). The van der Waals surface area contributed by atoms with Gasteiger partial charge < -0.3 is 9.84 Å². The molecule has 0 heterocycles. The van der Waals surface area contributed by atoms with Crippen LogP contribution in [0.3, 0.4) is 0 Å². The van der Waals surface area contributed by atoms with Crippen molar-refractivity contribution in [2.75, 3.05) is 6.86 Å². The number of non-ortho nitro benzene ring substituents is 2. The van der Waals surface area contributed by atoms with Gasteiger partial charge in [0.1, 0.15) is 5.75 Å². The number of nitrogens with zero attached hydrogens (tertiary/aromatic N) is 2. The SMILES string of the molecule is O=[N+]([O-])c1ccc(CO)cc1.O=[N+]([O-])c1ccc(OCF)cc1. The van der Waals surface area contributed by atoms with Crippen LogP contribution in [0.1, 0.15) is 5.56 Å². The van der Waals surface area contributed by atoms with Crippen LogP contribution in [0.4, 0.5) is 15.8 Å². The second kappa shape index (κ2) is 9.05. The van der Waals surface area contributed by atoms with E-state index in [1.54, 1.807) is 0 Å². The smallest absolute Gasteiger partial charge is 0.269 e. The first kappa shape index (κ1) is 18.0. The molecule has 0 bridgehead atoms. The van der Waals surface area contributed by atoms with Crippen molar-refractivity contribution in [2.24, 2.45) is 0 Å². The third-order valence-electron chi connectivity index (χ3n) is 2.60. The second-order valence-electron chi connectivity index (χ2n) is 4.09. The molecule has 0 fully saturated rings. The number of halogens is 1. The van der Waals surface area contributed by atoms with Gasteiger partial charge in [-0.2, -0.15) is 0 Å². The first-order valence-electron chi connectivity index (χ1n) is 6.25. The number of rotatable bonds is 5. The lowest BCUT2D eigenvalue weighted by Crippen LogP contribution is -1.91. The van der Waals surface area contributed by atoms with Gasteiger partial charge in [0.2, 0.25) is 6.86 Å². The zero-order valence-electron chi connectivity index (χ0n) is 11.8. The fraction of sp³-hybridized carbons (Fsp3) is 0.143. The van der Waals surface area contributed by atoms with Crippen molar-refractivity contribution in [3.8, 4) is 5.75 Å². The molecule has 9 heteroatoms. The summed E-state index contributed by atoms with van der Waals surface area (Å²) in [7, 11) is 0. The molecule has 0 aliphatic heterocycles. The van der Waals surface area contributed by atoms with E-state index in [9.17, 15) is 24.6 Å². The van der Waals surface area contributed by atoms with E-state index in [0.29, 0.717) is 5.56 Å². The summed E-state index contributed by atoms with van der Waals surface area (Å²) in [6, 6.07) is 11.0. The van der Waals surface area contributed by atoms with Gasteiger partial charge in [0.05, 0.1) is 16.5 Å². The summed E-state index contributed by atoms with van der Waals surface area (Å²) in [5.41, 5.74) is 0.680. The van der Waals surface area contributed by atoms with Crippen molar-refractivity contribution < 1.29 is 24.1 Å². The zero-order valence-corrected chi connectivity index (χ0v) is 11.8. The molecule has 0 unspecified atom stereocenters. The first-order valence-corrected chi connectivity index (χ1v) is 6.25. The van der Waals surface area contributed by atoms with Crippen LogP contribution in [0.5, 0.6) is 5.75 Å². The van der Waals surface area contributed by atoms with Crippen molar-refractivity contribution in [3.63, 3.8) is 0 Å². The summed E-state index contributed by atoms with van der Waals surface area (Å²) in [6.07, 6.45) is 0. The Morgan fingerprint density at radius 2 is 1.35 bits per heavy atom. The van der Waals surface area contributed by atoms with E-state index >= 15 is 0 Å². The highest BCUT2D eigenvalue weighted by Crippen LogP contribution is 2.17. The Bertz CT molecular complexity index is 645. The summed E-state index contributed by atoms with van der Waals surface area (Å²) in [5.74, 6) is 0.281. The molecule has 23 heavy (non-hydrogen) atoms. The Labute approximate surface area is 130 Å². The molecule has 0 saturated carbocycles. The molecule has 2 aromatic carbocycles. The number of aliphatic hydroxyl groups is 1. The number of nitro groups is 2. The average Bonchev–Trinajstić information content (AvgIpc) is 2.56. The highest BCUT2D eigenvalue weighted by atomic mass is 19.1. The topological polar surface area (TPSA) is 116 Å². The summed E-state index contributed by atoms with van der Waals surface area (Å²) in [4.78, 5) is 19.3. The van der Waals surface area contributed by atoms with Crippen molar-refractivity contribution in [2.45, 2.75) is 6.61 Å². The molecule has 0 radical (unpaired) electrons. The summed E-state index contributed by atoms with van der Waals surface area (Å²) >= 11 is 0. The quantitative estimate of drug-likeness (QED) is 0.667.